The summed E-state index contributed by atoms with van der Waals surface area (Å²) < 4.78 is 10.5. The number of hydrogen-bond acceptors (Lipinski definition) is 6. The SMILES string of the molecule is CCOCCCNc1cc(N)nc(COCC)n1. The lowest BCUT2D eigenvalue weighted by molar-refractivity contribution is 0.128. The molecule has 1 aromatic rings. The van der Waals surface area contributed by atoms with Crippen molar-refractivity contribution in [1.82, 2.24) is 9.97 Å². The van der Waals surface area contributed by atoms with Crippen LogP contribution < -0.4 is 11.1 Å². The van der Waals surface area contributed by atoms with Crippen molar-refractivity contribution in [3.05, 3.63) is 11.9 Å². The molecule has 102 valence electrons. The molecule has 0 amide bonds. The number of nitrogen functional groups attached to an aromatic ring is 1. The Morgan fingerprint density at radius 3 is 2.72 bits per heavy atom. The standard InChI is InChI=1S/C12H22N4O2/c1-3-17-7-5-6-14-11-8-10(13)15-12(16-11)9-18-4-2/h8H,3-7,9H2,1-2H3,(H3,13,14,15,16). The van der Waals surface area contributed by atoms with Gasteiger partial charge in [-0.3, -0.25) is 0 Å². The maximum absolute atomic E-state index is 5.71. The molecule has 3 N–H and O–H groups in total. The van der Waals surface area contributed by atoms with Gasteiger partial charge in [0.25, 0.3) is 0 Å². The predicted octanol–water partition coefficient (Wildman–Crippen LogP) is 1.43. The second kappa shape index (κ2) is 8.66. The van der Waals surface area contributed by atoms with Crippen LogP contribution in [0, 0.1) is 0 Å². The van der Waals surface area contributed by atoms with Crippen molar-refractivity contribution in [3.63, 3.8) is 0 Å². The van der Waals surface area contributed by atoms with Crippen LogP contribution in [-0.4, -0.2) is 36.3 Å². The number of nitrogens with one attached hydrogen (secondary N) is 1. The van der Waals surface area contributed by atoms with E-state index in [1.807, 2.05) is 13.8 Å². The molecule has 0 aromatic carbocycles. The normalized spacial score (nSPS) is 10.6. The van der Waals surface area contributed by atoms with Crippen molar-refractivity contribution in [3.8, 4) is 0 Å². The van der Waals surface area contributed by atoms with Crippen LogP contribution in [0.5, 0.6) is 0 Å². The lowest BCUT2D eigenvalue weighted by atomic mass is 10.4. The third-order valence-electron chi connectivity index (χ3n) is 2.20. The average Bonchev–Trinajstić information content (AvgIpc) is 2.35. The quantitative estimate of drug-likeness (QED) is 0.649. The number of hydrogen-bond donors (Lipinski definition) is 2. The summed E-state index contributed by atoms with van der Waals surface area (Å²) in [4.78, 5) is 8.43. The molecule has 1 heterocycles. The zero-order valence-corrected chi connectivity index (χ0v) is 11.1. The molecule has 0 aliphatic rings. The van der Waals surface area contributed by atoms with Crippen LogP contribution in [0.4, 0.5) is 11.6 Å². The van der Waals surface area contributed by atoms with Crippen molar-refractivity contribution in [1.29, 1.82) is 0 Å². The van der Waals surface area contributed by atoms with Crippen LogP contribution in [-0.2, 0) is 16.1 Å². The molecule has 6 nitrogen and oxygen atoms in total. The molecular weight excluding hydrogens is 232 g/mol. The molecule has 0 saturated heterocycles. The summed E-state index contributed by atoms with van der Waals surface area (Å²) in [5, 5.41) is 3.19. The van der Waals surface area contributed by atoms with Gasteiger partial charge in [-0.05, 0) is 20.3 Å². The number of aromatic nitrogens is 2. The van der Waals surface area contributed by atoms with E-state index in [2.05, 4.69) is 15.3 Å². The molecule has 0 saturated carbocycles. The Morgan fingerprint density at radius 2 is 2.00 bits per heavy atom. The van der Waals surface area contributed by atoms with Gasteiger partial charge in [0.15, 0.2) is 5.82 Å². The van der Waals surface area contributed by atoms with E-state index < -0.39 is 0 Å². The summed E-state index contributed by atoms with van der Waals surface area (Å²) in [6, 6.07) is 1.72. The highest BCUT2D eigenvalue weighted by Gasteiger charge is 2.02. The van der Waals surface area contributed by atoms with E-state index >= 15 is 0 Å². The van der Waals surface area contributed by atoms with Crippen LogP contribution >= 0.6 is 0 Å². The Kier molecular flexibility index (Phi) is 7.05. The Balaban J connectivity index is 2.41. The number of ether oxygens (including phenoxy) is 2. The first-order chi connectivity index (χ1) is 8.76. The van der Waals surface area contributed by atoms with E-state index in [1.54, 1.807) is 6.07 Å². The first-order valence-corrected chi connectivity index (χ1v) is 6.29. The molecule has 0 fully saturated rings. The molecular formula is C12H22N4O2. The molecule has 0 aliphatic carbocycles. The van der Waals surface area contributed by atoms with Gasteiger partial charge >= 0.3 is 0 Å². The lowest BCUT2D eigenvalue weighted by Gasteiger charge is -2.08. The van der Waals surface area contributed by atoms with Crippen molar-refractivity contribution in [2.24, 2.45) is 0 Å². The van der Waals surface area contributed by atoms with Crippen LogP contribution in [0.3, 0.4) is 0 Å². The number of anilines is 2. The second-order valence-electron chi connectivity index (χ2n) is 3.71. The predicted molar refractivity (Wildman–Crippen MR) is 71.4 cm³/mol. The summed E-state index contributed by atoms with van der Waals surface area (Å²) >= 11 is 0. The van der Waals surface area contributed by atoms with E-state index in [0.717, 1.165) is 32.0 Å². The average molecular weight is 254 g/mol. The summed E-state index contributed by atoms with van der Waals surface area (Å²) in [6.45, 7) is 7.22. The van der Waals surface area contributed by atoms with Gasteiger partial charge in [-0.25, -0.2) is 9.97 Å². The number of rotatable bonds is 9. The van der Waals surface area contributed by atoms with Gasteiger partial charge in [-0.1, -0.05) is 0 Å². The van der Waals surface area contributed by atoms with Gasteiger partial charge in [0.05, 0.1) is 0 Å². The molecule has 6 heteroatoms. The molecule has 1 aromatic heterocycles. The molecule has 0 atom stereocenters. The van der Waals surface area contributed by atoms with Crippen LogP contribution in [0.1, 0.15) is 26.1 Å². The fraction of sp³-hybridized carbons (Fsp3) is 0.667. The van der Waals surface area contributed by atoms with Gasteiger partial charge < -0.3 is 20.5 Å². The molecule has 0 unspecified atom stereocenters. The smallest absolute Gasteiger partial charge is 0.158 e. The third kappa shape index (κ3) is 5.79. The number of nitrogens with zero attached hydrogens (tertiary/aromatic N) is 2. The maximum atomic E-state index is 5.71. The molecule has 1 rings (SSSR count). The van der Waals surface area contributed by atoms with Crippen molar-refractivity contribution < 1.29 is 9.47 Å². The topological polar surface area (TPSA) is 82.3 Å². The second-order valence-corrected chi connectivity index (χ2v) is 3.71. The van der Waals surface area contributed by atoms with Crippen LogP contribution in [0.25, 0.3) is 0 Å². The van der Waals surface area contributed by atoms with Gasteiger partial charge in [-0.15, -0.1) is 0 Å². The van der Waals surface area contributed by atoms with Gasteiger partial charge in [-0.2, -0.15) is 0 Å². The highest BCUT2D eigenvalue weighted by molar-refractivity contribution is 5.44. The Labute approximate surface area is 108 Å². The van der Waals surface area contributed by atoms with E-state index in [4.69, 9.17) is 15.2 Å². The van der Waals surface area contributed by atoms with E-state index in [9.17, 15) is 0 Å². The monoisotopic (exact) mass is 254 g/mol. The third-order valence-corrected chi connectivity index (χ3v) is 2.20. The van der Waals surface area contributed by atoms with Gasteiger partial charge in [0, 0.05) is 32.4 Å². The van der Waals surface area contributed by atoms with E-state index in [-0.39, 0.29) is 0 Å². The minimum Gasteiger partial charge on any atom is -0.384 e. The fourth-order valence-corrected chi connectivity index (χ4v) is 1.40. The van der Waals surface area contributed by atoms with E-state index in [1.165, 1.54) is 0 Å². The molecule has 0 aliphatic heterocycles. The first kappa shape index (κ1) is 14.7. The van der Waals surface area contributed by atoms with Gasteiger partial charge in [0.2, 0.25) is 0 Å². The minimum atomic E-state index is 0.384. The minimum absolute atomic E-state index is 0.384. The lowest BCUT2D eigenvalue weighted by Crippen LogP contribution is -2.10. The van der Waals surface area contributed by atoms with Crippen molar-refractivity contribution in [2.75, 3.05) is 37.4 Å². The molecule has 0 bridgehead atoms. The largest absolute Gasteiger partial charge is 0.384 e. The highest BCUT2D eigenvalue weighted by atomic mass is 16.5. The first-order valence-electron chi connectivity index (χ1n) is 6.29. The number of nitrogens with two attached hydrogens (primary N) is 1. The summed E-state index contributed by atoms with van der Waals surface area (Å²) in [5.41, 5.74) is 5.71. The Bertz CT molecular complexity index is 347. The molecule has 18 heavy (non-hydrogen) atoms. The maximum Gasteiger partial charge on any atom is 0.158 e. The molecule has 0 radical (unpaired) electrons. The van der Waals surface area contributed by atoms with E-state index in [0.29, 0.717) is 24.9 Å². The summed E-state index contributed by atoms with van der Waals surface area (Å²) in [5.74, 6) is 1.78. The highest BCUT2D eigenvalue weighted by Crippen LogP contribution is 2.09. The van der Waals surface area contributed by atoms with Gasteiger partial charge in [0.1, 0.15) is 18.2 Å². The summed E-state index contributed by atoms with van der Waals surface area (Å²) in [7, 11) is 0. The van der Waals surface area contributed by atoms with Crippen LogP contribution in [0.2, 0.25) is 0 Å². The van der Waals surface area contributed by atoms with Crippen molar-refractivity contribution >= 4 is 11.6 Å². The zero-order chi connectivity index (χ0) is 13.2. The van der Waals surface area contributed by atoms with Crippen molar-refractivity contribution in [2.45, 2.75) is 26.9 Å². The summed E-state index contributed by atoms with van der Waals surface area (Å²) in [6.07, 6.45) is 0.929. The molecule has 0 spiro atoms. The Hall–Kier alpha value is -1.40. The fourth-order valence-electron chi connectivity index (χ4n) is 1.40. The Morgan fingerprint density at radius 1 is 1.22 bits per heavy atom. The van der Waals surface area contributed by atoms with Crippen LogP contribution in [0.15, 0.2) is 6.07 Å². The zero-order valence-electron chi connectivity index (χ0n) is 11.1.